The van der Waals surface area contributed by atoms with Crippen LogP contribution in [0.25, 0.3) is 22.3 Å². The van der Waals surface area contributed by atoms with Crippen LogP contribution in [0, 0.1) is 0 Å². The zero-order valence-corrected chi connectivity index (χ0v) is 37.7. The summed E-state index contributed by atoms with van der Waals surface area (Å²) >= 11 is 1.39. The maximum atomic E-state index is 13.3. The largest absolute Gasteiger partial charge is 0.457 e. The molecule has 8 rings (SSSR count). The van der Waals surface area contributed by atoms with Crippen molar-refractivity contribution in [1.82, 2.24) is 34.9 Å². The first-order valence-corrected chi connectivity index (χ1v) is 23.2. The van der Waals surface area contributed by atoms with Crippen molar-refractivity contribution in [2.75, 3.05) is 90.6 Å². The summed E-state index contributed by atoms with van der Waals surface area (Å²) in [7, 11) is 0. The third kappa shape index (κ3) is 11.6. The number of fused-ring (bicyclic) bond motifs is 2. The van der Waals surface area contributed by atoms with Gasteiger partial charge in [-0.3, -0.25) is 34.2 Å². The molecule has 3 aliphatic rings. The summed E-state index contributed by atoms with van der Waals surface area (Å²) in [6, 6.07) is 21.3. The second-order valence-electron chi connectivity index (χ2n) is 15.8. The van der Waals surface area contributed by atoms with Gasteiger partial charge in [0.15, 0.2) is 5.65 Å². The summed E-state index contributed by atoms with van der Waals surface area (Å²) in [6.07, 6.45) is 3.01. The van der Waals surface area contributed by atoms with E-state index in [4.69, 9.17) is 39.3 Å². The van der Waals surface area contributed by atoms with Gasteiger partial charge in [-0.25, -0.2) is 14.6 Å². The Labute approximate surface area is 390 Å². The molecule has 3 aromatic carbocycles. The van der Waals surface area contributed by atoms with E-state index in [1.54, 1.807) is 18.2 Å². The number of likely N-dealkylation sites (tertiary alicyclic amines) is 1. The van der Waals surface area contributed by atoms with Crippen LogP contribution in [0.3, 0.4) is 0 Å². The van der Waals surface area contributed by atoms with Gasteiger partial charge in [-0.2, -0.15) is 5.10 Å². The van der Waals surface area contributed by atoms with E-state index < -0.39 is 29.7 Å². The zero-order chi connectivity index (χ0) is 46.5. The lowest BCUT2D eigenvalue weighted by atomic mass is 10.0. The fraction of sp³-hybridized carbons (Fsp3) is 0.404. The molecule has 0 radical (unpaired) electrons. The van der Waals surface area contributed by atoms with Gasteiger partial charge >= 0.3 is 0 Å². The molecule has 0 bridgehead atoms. The standard InChI is InChI=1S/C47H52N8O11S/c48-43-41-42(31-9-11-34(12-10-31)66-33-5-2-1-3-6-33)52-55(44(41)50-30-49-43)32-15-17-53(18-16-32)39(57)29-65-26-25-63-22-21-61-19-20-62-23-24-64-27-28-67-37-8-4-7-35-40(37)47(60)54(46(35)59)36-13-14-38(56)51-45(36)58/h1-12,30,32,36H,13-29H2,(H2,48,49,50)(H,51,56,58). The Morgan fingerprint density at radius 1 is 0.731 bits per heavy atom. The summed E-state index contributed by atoms with van der Waals surface area (Å²) in [6.45, 7) is 4.37. The highest BCUT2D eigenvalue weighted by atomic mass is 32.2. The number of ether oxygens (including phenoxy) is 6. The third-order valence-corrected chi connectivity index (χ3v) is 12.4. The Morgan fingerprint density at radius 2 is 1.39 bits per heavy atom. The minimum Gasteiger partial charge on any atom is -0.457 e. The highest BCUT2D eigenvalue weighted by Crippen LogP contribution is 2.36. The second-order valence-corrected chi connectivity index (χ2v) is 16.9. The molecule has 352 valence electrons. The van der Waals surface area contributed by atoms with E-state index >= 15 is 0 Å². The number of thioether (sulfide) groups is 1. The summed E-state index contributed by atoms with van der Waals surface area (Å²) < 4.78 is 35.9. The molecule has 2 saturated heterocycles. The SMILES string of the molecule is Nc1ncnc2c1c(-c1ccc(Oc3ccccc3)cc1)nn2C1CCN(C(=O)COCCOCCOCCOCCOCCSc2cccc3c2C(=O)N(C2CCC(=O)NC2=O)C3=O)CC1. The average molecular weight is 937 g/mol. The molecule has 5 heterocycles. The molecule has 0 aliphatic carbocycles. The van der Waals surface area contributed by atoms with Gasteiger partial charge in [0.1, 0.15) is 42.0 Å². The zero-order valence-electron chi connectivity index (χ0n) is 36.8. The fourth-order valence-corrected chi connectivity index (χ4v) is 9.00. The Balaban J connectivity index is 0.643. The van der Waals surface area contributed by atoms with Gasteiger partial charge in [0.25, 0.3) is 11.8 Å². The van der Waals surface area contributed by atoms with Crippen molar-refractivity contribution in [3.8, 4) is 22.8 Å². The summed E-state index contributed by atoms with van der Waals surface area (Å²) in [4.78, 5) is 75.4. The predicted octanol–water partition coefficient (Wildman–Crippen LogP) is 4.31. The number of aromatic nitrogens is 4. The molecule has 1 unspecified atom stereocenters. The first kappa shape index (κ1) is 47.2. The van der Waals surface area contributed by atoms with E-state index in [1.165, 1.54) is 18.1 Å². The lowest BCUT2D eigenvalue weighted by Gasteiger charge is -2.32. The molecule has 3 aliphatic heterocycles. The van der Waals surface area contributed by atoms with Crippen molar-refractivity contribution in [3.05, 3.63) is 90.3 Å². The number of anilines is 1. The highest BCUT2D eigenvalue weighted by Gasteiger charge is 2.45. The summed E-state index contributed by atoms with van der Waals surface area (Å²) in [5.74, 6) is 0.147. The number of carbonyl (C=O) groups excluding carboxylic acids is 5. The Kier molecular flexibility index (Phi) is 16.2. The number of nitrogens with one attached hydrogen (secondary N) is 1. The smallest absolute Gasteiger partial charge is 0.263 e. The molecule has 5 aromatic rings. The maximum absolute atomic E-state index is 13.3. The summed E-state index contributed by atoms with van der Waals surface area (Å²) in [5.41, 5.74) is 9.10. The predicted molar refractivity (Wildman–Crippen MR) is 244 cm³/mol. The molecular weight excluding hydrogens is 885 g/mol. The number of hydrogen-bond acceptors (Lipinski definition) is 16. The Bertz CT molecular complexity index is 2540. The summed E-state index contributed by atoms with van der Waals surface area (Å²) in [5, 5.41) is 7.89. The van der Waals surface area contributed by atoms with Crippen LogP contribution < -0.4 is 15.8 Å². The molecule has 0 saturated carbocycles. The lowest BCUT2D eigenvalue weighted by Crippen LogP contribution is -2.54. The van der Waals surface area contributed by atoms with E-state index in [-0.39, 0.29) is 49.1 Å². The number of nitrogen functional groups attached to an aromatic ring is 1. The first-order chi connectivity index (χ1) is 32.8. The van der Waals surface area contributed by atoms with Crippen molar-refractivity contribution < 1.29 is 52.4 Å². The van der Waals surface area contributed by atoms with Crippen LogP contribution in [-0.4, -0.2) is 150 Å². The minimum atomic E-state index is -1.01. The van der Waals surface area contributed by atoms with Crippen LogP contribution in [0.4, 0.5) is 5.82 Å². The topological polar surface area (TPSA) is 229 Å². The third-order valence-electron chi connectivity index (χ3n) is 11.4. The van der Waals surface area contributed by atoms with Crippen LogP contribution in [0.2, 0.25) is 0 Å². The van der Waals surface area contributed by atoms with Gasteiger partial charge in [0.2, 0.25) is 17.7 Å². The van der Waals surface area contributed by atoms with E-state index in [0.717, 1.165) is 16.2 Å². The molecule has 2 fully saturated rings. The number of benzene rings is 3. The second kappa shape index (κ2) is 22.9. The molecule has 20 heteroatoms. The first-order valence-electron chi connectivity index (χ1n) is 22.2. The van der Waals surface area contributed by atoms with E-state index in [9.17, 15) is 24.0 Å². The molecule has 19 nitrogen and oxygen atoms in total. The number of nitrogens with two attached hydrogens (primary N) is 1. The van der Waals surface area contributed by atoms with Crippen LogP contribution in [0.15, 0.2) is 84.0 Å². The molecule has 2 aromatic heterocycles. The highest BCUT2D eigenvalue weighted by molar-refractivity contribution is 7.99. The van der Waals surface area contributed by atoms with Crippen LogP contribution in [-0.2, 0) is 38.1 Å². The van der Waals surface area contributed by atoms with Crippen molar-refractivity contribution in [2.24, 2.45) is 0 Å². The van der Waals surface area contributed by atoms with E-state index in [0.29, 0.717) is 118 Å². The minimum absolute atomic E-state index is 0.0205. The number of imide groups is 2. The van der Waals surface area contributed by atoms with Gasteiger partial charge in [-0.15, -0.1) is 11.8 Å². The number of nitrogens with zero attached hydrogens (tertiary/aromatic N) is 6. The molecule has 67 heavy (non-hydrogen) atoms. The molecule has 3 N–H and O–H groups in total. The van der Waals surface area contributed by atoms with Crippen molar-refractivity contribution >= 4 is 58.1 Å². The molecular formula is C47H52N8O11S. The maximum Gasteiger partial charge on any atom is 0.263 e. The van der Waals surface area contributed by atoms with Gasteiger partial charge in [-0.05, 0) is 67.8 Å². The van der Waals surface area contributed by atoms with Crippen molar-refractivity contribution in [3.63, 3.8) is 0 Å². The number of rotatable bonds is 23. The lowest BCUT2D eigenvalue weighted by molar-refractivity contribution is -0.138. The number of amides is 5. The van der Waals surface area contributed by atoms with Crippen LogP contribution >= 0.6 is 11.8 Å². The van der Waals surface area contributed by atoms with Crippen LogP contribution in [0.5, 0.6) is 11.5 Å². The molecule has 5 amide bonds. The average Bonchev–Trinajstić information content (AvgIpc) is 3.86. The van der Waals surface area contributed by atoms with Gasteiger partial charge < -0.3 is 39.1 Å². The van der Waals surface area contributed by atoms with E-state index in [2.05, 4.69) is 15.3 Å². The molecule has 1 atom stereocenters. The number of hydrogen-bond donors (Lipinski definition) is 2. The normalized spacial score (nSPS) is 16.5. The number of carbonyl (C=O) groups is 5. The monoisotopic (exact) mass is 936 g/mol. The van der Waals surface area contributed by atoms with Gasteiger partial charge in [-0.1, -0.05) is 24.3 Å². The van der Waals surface area contributed by atoms with Crippen molar-refractivity contribution in [2.45, 2.75) is 42.7 Å². The fourth-order valence-electron chi connectivity index (χ4n) is 8.06. The van der Waals surface area contributed by atoms with Crippen molar-refractivity contribution in [1.29, 1.82) is 0 Å². The number of para-hydroxylation sites is 1. The number of piperidine rings is 2. The van der Waals surface area contributed by atoms with Gasteiger partial charge in [0, 0.05) is 35.7 Å². The van der Waals surface area contributed by atoms with Gasteiger partial charge in [0.05, 0.1) is 82.0 Å². The molecule has 0 spiro atoms. The van der Waals surface area contributed by atoms with E-state index in [1.807, 2.05) is 64.2 Å². The van der Waals surface area contributed by atoms with Crippen LogP contribution in [0.1, 0.15) is 52.4 Å². The Morgan fingerprint density at radius 3 is 2.07 bits per heavy atom. The quantitative estimate of drug-likeness (QED) is 0.0528. The Hall–Kier alpha value is -6.29.